The summed E-state index contributed by atoms with van der Waals surface area (Å²) in [6.45, 7) is 10.4. The maximum atomic E-state index is 3.66. The highest BCUT2D eigenvalue weighted by Gasteiger charge is 2.13. The van der Waals surface area contributed by atoms with Crippen molar-refractivity contribution in [2.24, 2.45) is 5.92 Å². The van der Waals surface area contributed by atoms with E-state index in [0.717, 1.165) is 12.0 Å². The second kappa shape index (κ2) is 10.5. The van der Waals surface area contributed by atoms with E-state index in [9.17, 15) is 0 Å². The quantitative estimate of drug-likeness (QED) is 0.531. The number of nitrogens with one attached hydrogen (secondary N) is 1. The van der Waals surface area contributed by atoms with E-state index >= 15 is 0 Å². The van der Waals surface area contributed by atoms with Crippen LogP contribution in [0, 0.1) is 5.92 Å². The summed E-state index contributed by atoms with van der Waals surface area (Å²) in [6, 6.07) is 0.742. The van der Waals surface area contributed by atoms with Crippen molar-refractivity contribution < 1.29 is 0 Å². The second-order valence-electron chi connectivity index (χ2n) is 4.80. The molecule has 0 saturated heterocycles. The van der Waals surface area contributed by atoms with Gasteiger partial charge in [-0.2, -0.15) is 0 Å². The summed E-state index contributed by atoms with van der Waals surface area (Å²) in [6.07, 6.45) is 9.51. The van der Waals surface area contributed by atoms with E-state index in [2.05, 4.69) is 33.0 Å². The number of unbranched alkanes of at least 4 members (excludes halogenated alkanes) is 3. The molecule has 0 heterocycles. The van der Waals surface area contributed by atoms with Crippen LogP contribution in [0.25, 0.3) is 0 Å². The van der Waals surface area contributed by atoms with Crippen molar-refractivity contribution in [3.63, 3.8) is 0 Å². The van der Waals surface area contributed by atoms with E-state index in [1.54, 1.807) is 0 Å². The molecule has 0 aliphatic carbocycles. The summed E-state index contributed by atoms with van der Waals surface area (Å²) in [5, 5.41) is 3.66. The Balaban J connectivity index is 3.58. The molecule has 0 radical (unpaired) electrons. The molecule has 0 aliphatic rings. The van der Waals surface area contributed by atoms with Gasteiger partial charge in [0.15, 0.2) is 0 Å². The van der Waals surface area contributed by atoms with Crippen LogP contribution in [0.15, 0.2) is 0 Å². The molecule has 92 valence electrons. The molecule has 2 unspecified atom stereocenters. The molecule has 0 aromatic rings. The highest BCUT2D eigenvalue weighted by atomic mass is 14.9. The fourth-order valence-electron chi connectivity index (χ4n) is 2.17. The lowest BCUT2D eigenvalue weighted by atomic mass is 9.93. The Kier molecular flexibility index (Phi) is 10.4. The van der Waals surface area contributed by atoms with Gasteiger partial charge >= 0.3 is 0 Å². The van der Waals surface area contributed by atoms with Crippen LogP contribution in [0.5, 0.6) is 0 Å². The average molecular weight is 213 g/mol. The third kappa shape index (κ3) is 7.84. The first-order chi connectivity index (χ1) is 7.26. The van der Waals surface area contributed by atoms with Gasteiger partial charge in [-0.1, -0.05) is 53.4 Å². The SMILES string of the molecule is CCCCCCC(C)C(CC)NCCC. The van der Waals surface area contributed by atoms with Crippen LogP contribution >= 0.6 is 0 Å². The molecule has 1 N–H and O–H groups in total. The molecule has 0 aromatic carbocycles. The predicted octanol–water partition coefficient (Wildman–Crippen LogP) is 4.37. The van der Waals surface area contributed by atoms with E-state index in [4.69, 9.17) is 0 Å². The monoisotopic (exact) mass is 213 g/mol. The second-order valence-corrected chi connectivity index (χ2v) is 4.80. The molecule has 1 nitrogen and oxygen atoms in total. The predicted molar refractivity (Wildman–Crippen MR) is 70.3 cm³/mol. The van der Waals surface area contributed by atoms with Crippen LogP contribution in [0.1, 0.15) is 72.6 Å². The van der Waals surface area contributed by atoms with E-state index < -0.39 is 0 Å². The summed E-state index contributed by atoms with van der Waals surface area (Å²) in [7, 11) is 0. The zero-order valence-corrected chi connectivity index (χ0v) is 11.3. The van der Waals surface area contributed by atoms with Gasteiger partial charge in [0, 0.05) is 6.04 Å². The lowest BCUT2D eigenvalue weighted by Gasteiger charge is -2.24. The molecule has 0 spiro atoms. The summed E-state index contributed by atoms with van der Waals surface area (Å²) in [4.78, 5) is 0. The highest BCUT2D eigenvalue weighted by Crippen LogP contribution is 2.16. The number of rotatable bonds is 10. The van der Waals surface area contributed by atoms with Crippen LogP contribution < -0.4 is 5.32 Å². The first kappa shape index (κ1) is 15.0. The summed E-state index contributed by atoms with van der Waals surface area (Å²) in [5.41, 5.74) is 0. The number of hydrogen-bond acceptors (Lipinski definition) is 1. The van der Waals surface area contributed by atoms with Gasteiger partial charge in [0.05, 0.1) is 0 Å². The smallest absolute Gasteiger partial charge is 0.00900 e. The highest BCUT2D eigenvalue weighted by molar-refractivity contribution is 4.71. The Morgan fingerprint density at radius 1 is 0.933 bits per heavy atom. The lowest BCUT2D eigenvalue weighted by Crippen LogP contribution is -2.34. The van der Waals surface area contributed by atoms with Gasteiger partial charge in [0.2, 0.25) is 0 Å². The van der Waals surface area contributed by atoms with Gasteiger partial charge in [0.1, 0.15) is 0 Å². The van der Waals surface area contributed by atoms with Crippen molar-refractivity contribution >= 4 is 0 Å². The van der Waals surface area contributed by atoms with Crippen molar-refractivity contribution in [3.8, 4) is 0 Å². The summed E-state index contributed by atoms with van der Waals surface area (Å²) < 4.78 is 0. The molecule has 0 fully saturated rings. The standard InChI is InChI=1S/C14H31N/c1-5-8-9-10-11-13(4)14(7-3)15-12-6-2/h13-15H,5-12H2,1-4H3. The Morgan fingerprint density at radius 2 is 1.67 bits per heavy atom. The summed E-state index contributed by atoms with van der Waals surface area (Å²) >= 11 is 0. The average Bonchev–Trinajstić information content (AvgIpc) is 2.25. The third-order valence-electron chi connectivity index (χ3n) is 3.30. The van der Waals surface area contributed by atoms with Gasteiger partial charge in [-0.25, -0.2) is 0 Å². The van der Waals surface area contributed by atoms with Gasteiger partial charge < -0.3 is 5.32 Å². The minimum Gasteiger partial charge on any atom is -0.314 e. The zero-order valence-electron chi connectivity index (χ0n) is 11.3. The fraction of sp³-hybridized carbons (Fsp3) is 1.00. The largest absolute Gasteiger partial charge is 0.314 e. The Hall–Kier alpha value is -0.0400. The molecule has 2 atom stereocenters. The van der Waals surface area contributed by atoms with Crippen LogP contribution in [-0.4, -0.2) is 12.6 Å². The summed E-state index contributed by atoms with van der Waals surface area (Å²) in [5.74, 6) is 0.846. The normalized spacial score (nSPS) is 15.2. The van der Waals surface area contributed by atoms with E-state index in [1.807, 2.05) is 0 Å². The van der Waals surface area contributed by atoms with E-state index in [-0.39, 0.29) is 0 Å². The Bertz CT molecular complexity index is 123. The topological polar surface area (TPSA) is 12.0 Å². The zero-order chi connectivity index (χ0) is 11.5. The Labute approximate surface area is 97.0 Å². The molecule has 0 bridgehead atoms. The minimum atomic E-state index is 0.742. The van der Waals surface area contributed by atoms with Crippen molar-refractivity contribution in [1.82, 2.24) is 5.32 Å². The first-order valence-electron chi connectivity index (χ1n) is 6.99. The van der Waals surface area contributed by atoms with Crippen LogP contribution in [0.4, 0.5) is 0 Å². The molecule has 0 amide bonds. The third-order valence-corrected chi connectivity index (χ3v) is 3.30. The molecule has 0 saturated carbocycles. The Morgan fingerprint density at radius 3 is 2.20 bits per heavy atom. The van der Waals surface area contributed by atoms with Crippen molar-refractivity contribution in [2.45, 2.75) is 78.7 Å². The van der Waals surface area contributed by atoms with Gasteiger partial charge in [0.25, 0.3) is 0 Å². The van der Waals surface area contributed by atoms with Crippen LogP contribution in [0.2, 0.25) is 0 Å². The van der Waals surface area contributed by atoms with Crippen molar-refractivity contribution in [2.75, 3.05) is 6.54 Å². The van der Waals surface area contributed by atoms with Crippen LogP contribution in [-0.2, 0) is 0 Å². The first-order valence-corrected chi connectivity index (χ1v) is 6.99. The van der Waals surface area contributed by atoms with Gasteiger partial charge in [-0.15, -0.1) is 0 Å². The van der Waals surface area contributed by atoms with Crippen LogP contribution in [0.3, 0.4) is 0 Å². The van der Waals surface area contributed by atoms with E-state index in [1.165, 1.54) is 51.5 Å². The molecular formula is C14H31N. The maximum Gasteiger partial charge on any atom is 0.00900 e. The van der Waals surface area contributed by atoms with Crippen molar-refractivity contribution in [1.29, 1.82) is 0 Å². The van der Waals surface area contributed by atoms with E-state index in [0.29, 0.717) is 0 Å². The van der Waals surface area contributed by atoms with Crippen molar-refractivity contribution in [3.05, 3.63) is 0 Å². The van der Waals surface area contributed by atoms with Gasteiger partial charge in [-0.05, 0) is 31.7 Å². The lowest BCUT2D eigenvalue weighted by molar-refractivity contribution is 0.338. The molecule has 1 heteroatoms. The molecule has 15 heavy (non-hydrogen) atoms. The molecule has 0 rings (SSSR count). The molecule has 0 aromatic heterocycles. The number of hydrogen-bond donors (Lipinski definition) is 1. The molecule has 0 aliphatic heterocycles. The fourth-order valence-corrected chi connectivity index (χ4v) is 2.17. The molecular weight excluding hydrogens is 182 g/mol. The minimum absolute atomic E-state index is 0.742. The maximum absolute atomic E-state index is 3.66. The van der Waals surface area contributed by atoms with Gasteiger partial charge in [-0.3, -0.25) is 0 Å².